The Kier molecular flexibility index (Phi) is 7.22. The number of benzene rings is 2. The van der Waals surface area contributed by atoms with E-state index in [9.17, 15) is 0 Å². The number of halogens is 2. The zero-order chi connectivity index (χ0) is 17.5. The molecular formula is C22H28Br2N2. The van der Waals surface area contributed by atoms with Gasteiger partial charge in [0.15, 0.2) is 0 Å². The van der Waals surface area contributed by atoms with Gasteiger partial charge in [-0.1, -0.05) is 24.3 Å². The minimum absolute atomic E-state index is 0. The lowest BCUT2D eigenvalue weighted by atomic mass is 10.2. The van der Waals surface area contributed by atoms with Crippen LogP contribution >= 0.6 is 0 Å². The normalized spacial score (nSPS) is 17.3. The van der Waals surface area contributed by atoms with Crippen molar-refractivity contribution < 1.29 is 34.0 Å². The average Bonchev–Trinajstić information content (AvgIpc) is 2.92. The van der Waals surface area contributed by atoms with Crippen molar-refractivity contribution in [3.05, 3.63) is 71.1 Å². The summed E-state index contributed by atoms with van der Waals surface area (Å²) in [7, 11) is 8.88. The predicted octanol–water partition coefficient (Wildman–Crippen LogP) is -0.736. The van der Waals surface area contributed by atoms with Crippen LogP contribution in [0.4, 0.5) is 11.4 Å². The van der Waals surface area contributed by atoms with Gasteiger partial charge in [0.25, 0.3) is 0 Å². The van der Waals surface area contributed by atoms with E-state index in [0.717, 1.165) is 8.97 Å². The Morgan fingerprint density at radius 1 is 0.538 bits per heavy atom. The maximum Gasteiger partial charge on any atom is 0.144 e. The number of para-hydroxylation sites is 2. The molecule has 4 heteroatoms. The van der Waals surface area contributed by atoms with Crippen molar-refractivity contribution in [1.29, 1.82) is 0 Å². The molecule has 0 radical (unpaired) electrons. The minimum Gasteiger partial charge on any atom is -1.00 e. The van der Waals surface area contributed by atoms with E-state index in [0.29, 0.717) is 0 Å². The third-order valence-corrected chi connectivity index (χ3v) is 5.57. The van der Waals surface area contributed by atoms with E-state index in [2.05, 4.69) is 103 Å². The van der Waals surface area contributed by atoms with Gasteiger partial charge in [-0.25, -0.2) is 0 Å². The lowest BCUT2D eigenvalue weighted by molar-refractivity contribution is -0.00100. The summed E-state index contributed by atoms with van der Waals surface area (Å²) in [6.07, 6.45) is 4.52. The van der Waals surface area contributed by atoms with Gasteiger partial charge < -0.3 is 34.0 Å². The maximum absolute atomic E-state index is 2.26. The molecule has 26 heavy (non-hydrogen) atoms. The first-order chi connectivity index (χ1) is 11.2. The Balaban J connectivity index is 0.000000241. The van der Waals surface area contributed by atoms with Gasteiger partial charge in [-0.3, -0.25) is 8.97 Å². The van der Waals surface area contributed by atoms with Crippen LogP contribution in [-0.4, -0.2) is 28.2 Å². The molecular weight excluding hydrogens is 452 g/mol. The maximum atomic E-state index is 2.26. The number of rotatable bonds is 0. The Hall–Kier alpha value is -1.20. The van der Waals surface area contributed by atoms with Gasteiger partial charge in [-0.15, -0.1) is 0 Å². The second-order valence-corrected chi connectivity index (χ2v) is 7.60. The van der Waals surface area contributed by atoms with Crippen LogP contribution in [0.1, 0.15) is 25.0 Å². The molecule has 0 N–H and O–H groups in total. The number of hydrogen-bond acceptors (Lipinski definition) is 0. The number of nitrogens with zero attached hydrogens (tertiary/aromatic N) is 2. The third kappa shape index (κ3) is 3.89. The summed E-state index contributed by atoms with van der Waals surface area (Å²) in [5, 5.41) is 0. The largest absolute Gasteiger partial charge is 1.00 e. The molecule has 0 spiro atoms. The summed E-state index contributed by atoms with van der Waals surface area (Å²) in [6, 6.07) is 17.1. The van der Waals surface area contributed by atoms with Gasteiger partial charge in [0.05, 0.1) is 28.2 Å². The first kappa shape index (κ1) is 22.8. The molecule has 0 aliphatic carbocycles. The summed E-state index contributed by atoms with van der Waals surface area (Å²) in [5.41, 5.74) is 8.32. The highest BCUT2D eigenvalue weighted by Gasteiger charge is 2.30. The van der Waals surface area contributed by atoms with Crippen LogP contribution in [0.25, 0.3) is 12.2 Å². The zero-order valence-electron chi connectivity index (χ0n) is 16.4. The Morgan fingerprint density at radius 2 is 0.846 bits per heavy atom. The molecule has 2 aromatic carbocycles. The Labute approximate surface area is 179 Å². The molecule has 2 aliphatic rings. The number of allylic oxidation sites excluding steroid dienone is 2. The smallest absolute Gasteiger partial charge is 0.144 e. The fourth-order valence-corrected chi connectivity index (χ4v) is 3.39. The second-order valence-electron chi connectivity index (χ2n) is 7.60. The average molecular weight is 480 g/mol. The van der Waals surface area contributed by atoms with E-state index in [4.69, 9.17) is 0 Å². The molecule has 0 fully saturated rings. The van der Waals surface area contributed by atoms with Gasteiger partial charge in [-0.2, -0.15) is 0 Å². The second kappa shape index (κ2) is 8.22. The zero-order valence-corrected chi connectivity index (χ0v) is 19.6. The summed E-state index contributed by atoms with van der Waals surface area (Å²) in [4.78, 5) is 0. The fourth-order valence-electron chi connectivity index (χ4n) is 3.39. The molecule has 2 aliphatic heterocycles. The molecule has 2 nitrogen and oxygen atoms in total. The molecule has 0 bridgehead atoms. The van der Waals surface area contributed by atoms with Crippen LogP contribution in [0.5, 0.6) is 0 Å². The molecule has 0 atom stereocenters. The number of fused-ring (bicyclic) bond motifs is 2. The number of quaternary nitrogens is 2. The molecule has 0 amide bonds. The summed E-state index contributed by atoms with van der Waals surface area (Å²) in [6.45, 7) is 4.36. The highest BCUT2D eigenvalue weighted by molar-refractivity contribution is 5.76. The summed E-state index contributed by atoms with van der Waals surface area (Å²) >= 11 is 0. The topological polar surface area (TPSA) is 0 Å². The molecule has 0 saturated carbocycles. The monoisotopic (exact) mass is 478 g/mol. The van der Waals surface area contributed by atoms with E-state index < -0.39 is 0 Å². The third-order valence-electron chi connectivity index (χ3n) is 5.57. The molecule has 0 saturated heterocycles. The molecule has 0 unspecified atom stereocenters. The van der Waals surface area contributed by atoms with E-state index in [1.165, 1.54) is 33.9 Å². The molecule has 140 valence electrons. The van der Waals surface area contributed by atoms with Crippen LogP contribution in [-0.2, 0) is 0 Å². The van der Waals surface area contributed by atoms with Crippen molar-refractivity contribution in [3.63, 3.8) is 0 Å². The first-order valence-corrected chi connectivity index (χ1v) is 8.49. The van der Waals surface area contributed by atoms with Gasteiger partial charge in [0, 0.05) is 49.3 Å². The van der Waals surface area contributed by atoms with Crippen molar-refractivity contribution in [1.82, 2.24) is 8.97 Å². The van der Waals surface area contributed by atoms with Crippen molar-refractivity contribution in [3.8, 4) is 0 Å². The van der Waals surface area contributed by atoms with Crippen molar-refractivity contribution >= 4 is 23.5 Å². The van der Waals surface area contributed by atoms with E-state index in [1.54, 1.807) is 0 Å². The Bertz CT molecular complexity index is 777. The first-order valence-electron chi connectivity index (χ1n) is 8.49. The summed E-state index contributed by atoms with van der Waals surface area (Å²) in [5.74, 6) is 0. The van der Waals surface area contributed by atoms with Gasteiger partial charge in [0.2, 0.25) is 0 Å². The predicted molar refractivity (Wildman–Crippen MR) is 107 cm³/mol. The van der Waals surface area contributed by atoms with Crippen molar-refractivity contribution in [2.24, 2.45) is 0 Å². The molecule has 4 rings (SSSR count). The van der Waals surface area contributed by atoms with Crippen LogP contribution in [0.2, 0.25) is 0 Å². The fraction of sp³-hybridized carbons (Fsp3) is 0.273. The van der Waals surface area contributed by atoms with Crippen molar-refractivity contribution in [2.45, 2.75) is 13.8 Å². The van der Waals surface area contributed by atoms with Gasteiger partial charge in [0.1, 0.15) is 22.8 Å². The van der Waals surface area contributed by atoms with Crippen LogP contribution in [0.15, 0.2) is 59.9 Å². The SMILES string of the molecule is CC1=Cc2ccccc2[N+]1(C)C.CC1=Cc2ccccc2[N+]1(C)C.[Br-].[Br-]. The number of hydrogen-bond donors (Lipinski definition) is 0. The highest BCUT2D eigenvalue weighted by atomic mass is 79.9. The van der Waals surface area contributed by atoms with Gasteiger partial charge in [-0.05, 0) is 12.1 Å². The van der Waals surface area contributed by atoms with Crippen LogP contribution in [0.3, 0.4) is 0 Å². The highest BCUT2D eigenvalue weighted by Crippen LogP contribution is 2.37. The van der Waals surface area contributed by atoms with Crippen molar-refractivity contribution in [2.75, 3.05) is 28.2 Å². The lowest BCUT2D eigenvalue weighted by Crippen LogP contribution is -3.00. The molecule has 2 heterocycles. The van der Waals surface area contributed by atoms with Crippen LogP contribution < -0.4 is 42.9 Å². The van der Waals surface area contributed by atoms with Crippen LogP contribution in [0, 0.1) is 0 Å². The minimum atomic E-state index is 0. The Morgan fingerprint density at radius 3 is 1.15 bits per heavy atom. The van der Waals surface area contributed by atoms with E-state index >= 15 is 0 Å². The van der Waals surface area contributed by atoms with Gasteiger partial charge >= 0.3 is 0 Å². The van der Waals surface area contributed by atoms with E-state index in [1.807, 2.05) is 0 Å². The quantitative estimate of drug-likeness (QED) is 0.437. The molecule has 0 aromatic heterocycles. The molecule has 2 aromatic rings. The van der Waals surface area contributed by atoms with E-state index in [-0.39, 0.29) is 34.0 Å². The lowest BCUT2D eigenvalue weighted by Gasteiger charge is -2.25. The standard InChI is InChI=1S/2C11H14N.2BrH/c2*1-9-8-10-6-4-5-7-11(10)12(9,2)3;;/h2*4-8H,1-3H3;2*1H/q2*+1;;/p-2. The summed E-state index contributed by atoms with van der Waals surface area (Å²) < 4.78 is 1.80.